The average Bonchev–Trinajstić information content (AvgIpc) is 2.70. The van der Waals surface area contributed by atoms with Gasteiger partial charge in [0.2, 0.25) is 5.91 Å². The molecule has 7 nitrogen and oxygen atoms in total. The van der Waals surface area contributed by atoms with Crippen molar-refractivity contribution in [2.24, 2.45) is 0 Å². The number of carbonyl (C=O) groups is 3. The highest BCUT2D eigenvalue weighted by Gasteiger charge is 2.26. The number of amides is 2. The number of anilines is 2. The second-order valence-corrected chi connectivity index (χ2v) is 5.93. The summed E-state index contributed by atoms with van der Waals surface area (Å²) in [5, 5.41) is 2.66. The first-order valence-electron chi connectivity index (χ1n) is 8.51. The molecule has 0 bridgehead atoms. The maximum absolute atomic E-state index is 12.4. The summed E-state index contributed by atoms with van der Waals surface area (Å²) in [5.74, 6) is -1.65. The van der Waals surface area contributed by atoms with Gasteiger partial charge in [0.15, 0.2) is 6.61 Å². The van der Waals surface area contributed by atoms with Gasteiger partial charge in [-0.1, -0.05) is 24.3 Å². The monoisotopic (exact) mass is 402 g/mol. The highest BCUT2D eigenvalue weighted by atomic mass is 19.3. The highest BCUT2D eigenvalue weighted by Crippen LogP contribution is 2.28. The molecule has 0 saturated heterocycles. The first kappa shape index (κ1) is 20.0. The second kappa shape index (κ2) is 8.96. The topological polar surface area (TPSA) is 84.9 Å². The van der Waals surface area contributed by atoms with E-state index in [1.807, 2.05) is 0 Å². The molecule has 150 valence electrons. The van der Waals surface area contributed by atoms with Crippen LogP contribution in [0.25, 0.3) is 6.08 Å². The molecule has 0 fully saturated rings. The highest BCUT2D eigenvalue weighted by molar-refractivity contribution is 6.10. The zero-order chi connectivity index (χ0) is 20.8. The van der Waals surface area contributed by atoms with Crippen molar-refractivity contribution < 1.29 is 32.6 Å². The van der Waals surface area contributed by atoms with Crippen molar-refractivity contribution in [3.05, 3.63) is 60.2 Å². The van der Waals surface area contributed by atoms with E-state index in [4.69, 9.17) is 4.74 Å². The summed E-state index contributed by atoms with van der Waals surface area (Å²) in [6.07, 6.45) is 2.51. The molecule has 1 aliphatic heterocycles. The molecule has 1 aliphatic rings. The van der Waals surface area contributed by atoms with Crippen LogP contribution in [0.1, 0.15) is 5.56 Å². The van der Waals surface area contributed by atoms with Crippen LogP contribution in [0, 0.1) is 0 Å². The number of benzene rings is 2. The SMILES string of the molecule is O=C1CN(C(=O)COC(=O)/C=C/c2ccc(OC(F)F)cc2)c2ccccc2N1. The fourth-order valence-corrected chi connectivity index (χ4v) is 2.64. The summed E-state index contributed by atoms with van der Waals surface area (Å²) in [6, 6.07) is 12.4. The summed E-state index contributed by atoms with van der Waals surface area (Å²) in [6.45, 7) is -3.62. The zero-order valence-electron chi connectivity index (χ0n) is 15.0. The van der Waals surface area contributed by atoms with Crippen molar-refractivity contribution >= 4 is 35.2 Å². The second-order valence-electron chi connectivity index (χ2n) is 5.93. The number of nitrogens with one attached hydrogen (secondary N) is 1. The smallest absolute Gasteiger partial charge is 0.387 e. The van der Waals surface area contributed by atoms with Gasteiger partial charge >= 0.3 is 12.6 Å². The van der Waals surface area contributed by atoms with Crippen molar-refractivity contribution in [2.45, 2.75) is 6.61 Å². The number of esters is 1. The maximum atomic E-state index is 12.4. The van der Waals surface area contributed by atoms with Gasteiger partial charge in [-0.15, -0.1) is 0 Å². The van der Waals surface area contributed by atoms with Gasteiger partial charge in [-0.05, 0) is 35.9 Å². The lowest BCUT2D eigenvalue weighted by Crippen LogP contribution is -2.43. The Kier molecular flexibility index (Phi) is 6.18. The Morgan fingerprint density at radius 1 is 1.14 bits per heavy atom. The van der Waals surface area contributed by atoms with Crippen molar-refractivity contribution in [1.29, 1.82) is 0 Å². The van der Waals surface area contributed by atoms with Gasteiger partial charge in [0.05, 0.1) is 11.4 Å². The lowest BCUT2D eigenvalue weighted by molar-refractivity contribution is -0.143. The molecule has 0 atom stereocenters. The summed E-state index contributed by atoms with van der Waals surface area (Å²) in [4.78, 5) is 37.2. The number of nitrogens with zero attached hydrogens (tertiary/aromatic N) is 1. The Bertz CT molecular complexity index is 944. The Labute approximate surface area is 164 Å². The minimum Gasteiger partial charge on any atom is -0.452 e. The van der Waals surface area contributed by atoms with Crippen molar-refractivity contribution in [3.8, 4) is 5.75 Å². The first-order valence-corrected chi connectivity index (χ1v) is 8.51. The van der Waals surface area contributed by atoms with Crippen LogP contribution in [0.3, 0.4) is 0 Å². The van der Waals surface area contributed by atoms with Crippen LogP contribution < -0.4 is 15.0 Å². The van der Waals surface area contributed by atoms with Crippen LogP contribution in [0.5, 0.6) is 5.75 Å². The first-order chi connectivity index (χ1) is 13.9. The van der Waals surface area contributed by atoms with Crippen molar-refractivity contribution in [3.63, 3.8) is 0 Å². The largest absolute Gasteiger partial charge is 0.452 e. The Hall–Kier alpha value is -3.75. The van der Waals surface area contributed by atoms with E-state index in [-0.39, 0.29) is 18.2 Å². The quantitative estimate of drug-likeness (QED) is 0.593. The molecule has 0 radical (unpaired) electrons. The number of hydrogen-bond acceptors (Lipinski definition) is 5. The lowest BCUT2D eigenvalue weighted by atomic mass is 10.2. The summed E-state index contributed by atoms with van der Waals surface area (Å²) < 4.78 is 33.4. The number of ether oxygens (including phenoxy) is 2. The molecule has 29 heavy (non-hydrogen) atoms. The number of rotatable bonds is 6. The number of fused-ring (bicyclic) bond motifs is 1. The number of carbonyl (C=O) groups excluding carboxylic acids is 3. The van der Waals surface area contributed by atoms with Gasteiger partial charge in [-0.2, -0.15) is 8.78 Å². The molecule has 1 N–H and O–H groups in total. The standard InChI is InChI=1S/C20H16F2N2O5/c21-20(22)29-14-8-5-13(6-9-14)7-10-19(27)28-12-18(26)24-11-17(25)23-15-3-1-2-4-16(15)24/h1-10,20H,11-12H2,(H,23,25)/b10-7+. The van der Waals surface area contributed by atoms with Crippen LogP contribution in [0.15, 0.2) is 54.6 Å². The molecule has 2 aromatic carbocycles. The molecule has 0 spiro atoms. The van der Waals surface area contributed by atoms with E-state index in [9.17, 15) is 23.2 Å². The summed E-state index contributed by atoms with van der Waals surface area (Å²) >= 11 is 0. The number of alkyl halides is 2. The van der Waals surface area contributed by atoms with Gasteiger partial charge in [0.25, 0.3) is 5.91 Å². The molecule has 2 amide bonds. The fraction of sp³-hybridized carbons (Fsp3) is 0.150. The van der Waals surface area contributed by atoms with Crippen LogP contribution in [-0.2, 0) is 19.1 Å². The molecule has 2 aromatic rings. The van der Waals surface area contributed by atoms with Gasteiger partial charge < -0.3 is 14.8 Å². The van der Waals surface area contributed by atoms with E-state index in [1.54, 1.807) is 24.3 Å². The van der Waals surface area contributed by atoms with Crippen LogP contribution in [0.4, 0.5) is 20.2 Å². The van der Waals surface area contributed by atoms with E-state index in [1.165, 1.54) is 35.2 Å². The van der Waals surface area contributed by atoms with E-state index < -0.39 is 25.1 Å². The van der Waals surface area contributed by atoms with E-state index in [2.05, 4.69) is 10.1 Å². The van der Waals surface area contributed by atoms with Gasteiger partial charge in [0, 0.05) is 6.08 Å². The van der Waals surface area contributed by atoms with Gasteiger partial charge in [-0.25, -0.2) is 4.79 Å². The summed E-state index contributed by atoms with van der Waals surface area (Å²) in [5.41, 5.74) is 1.58. The number of halogens is 2. The van der Waals surface area contributed by atoms with Crippen LogP contribution in [0.2, 0.25) is 0 Å². The molecular formula is C20H16F2N2O5. The number of hydrogen-bond donors (Lipinski definition) is 1. The molecule has 9 heteroatoms. The van der Waals surface area contributed by atoms with Crippen LogP contribution >= 0.6 is 0 Å². The fourth-order valence-electron chi connectivity index (χ4n) is 2.64. The van der Waals surface area contributed by atoms with Crippen LogP contribution in [-0.4, -0.2) is 37.5 Å². The van der Waals surface area contributed by atoms with Gasteiger partial charge in [-0.3, -0.25) is 14.5 Å². The Morgan fingerprint density at radius 3 is 2.59 bits per heavy atom. The third-order valence-electron chi connectivity index (χ3n) is 3.93. The third kappa shape index (κ3) is 5.38. The molecule has 1 heterocycles. The Morgan fingerprint density at radius 2 is 1.86 bits per heavy atom. The molecule has 0 saturated carbocycles. The third-order valence-corrected chi connectivity index (χ3v) is 3.93. The normalized spacial score (nSPS) is 13.2. The minimum absolute atomic E-state index is 0.00354. The van der Waals surface area contributed by atoms with Gasteiger partial charge in [0.1, 0.15) is 12.3 Å². The molecule has 0 aliphatic carbocycles. The molecule has 3 rings (SSSR count). The molecule has 0 unspecified atom stereocenters. The molecule has 0 aromatic heterocycles. The maximum Gasteiger partial charge on any atom is 0.387 e. The predicted molar refractivity (Wildman–Crippen MR) is 100 cm³/mol. The Balaban J connectivity index is 1.55. The lowest BCUT2D eigenvalue weighted by Gasteiger charge is -2.28. The molecular weight excluding hydrogens is 386 g/mol. The van der Waals surface area contributed by atoms with E-state index in [0.717, 1.165) is 6.08 Å². The van der Waals surface area contributed by atoms with E-state index >= 15 is 0 Å². The minimum atomic E-state index is -2.91. The van der Waals surface area contributed by atoms with Crippen molar-refractivity contribution in [1.82, 2.24) is 0 Å². The average molecular weight is 402 g/mol. The summed E-state index contributed by atoms with van der Waals surface area (Å²) in [7, 11) is 0. The zero-order valence-corrected chi connectivity index (χ0v) is 15.0. The van der Waals surface area contributed by atoms with E-state index in [0.29, 0.717) is 16.9 Å². The number of para-hydroxylation sites is 2. The van der Waals surface area contributed by atoms with Crippen molar-refractivity contribution in [2.75, 3.05) is 23.4 Å². The predicted octanol–water partition coefficient (Wildman–Crippen LogP) is 2.83.